The van der Waals surface area contributed by atoms with Crippen LogP contribution < -0.4 is 10.7 Å². The highest BCUT2D eigenvalue weighted by molar-refractivity contribution is 6.07. The Hall–Kier alpha value is -2.86. The lowest BCUT2D eigenvalue weighted by atomic mass is 10.1. The van der Waals surface area contributed by atoms with E-state index in [1.54, 1.807) is 18.5 Å². The van der Waals surface area contributed by atoms with Gasteiger partial charge in [-0.15, -0.1) is 0 Å². The van der Waals surface area contributed by atoms with E-state index in [0.29, 0.717) is 10.8 Å². The van der Waals surface area contributed by atoms with Gasteiger partial charge in [0.1, 0.15) is 12.1 Å². The van der Waals surface area contributed by atoms with Crippen molar-refractivity contribution in [3.63, 3.8) is 0 Å². The number of likely N-dealkylation sites (N-methyl/N-ethyl adjacent to an activating group) is 1. The molecule has 4 rings (SSSR count). The molecule has 6 nitrogen and oxygen atoms in total. The van der Waals surface area contributed by atoms with Crippen LogP contribution in [-0.4, -0.2) is 45.6 Å². The van der Waals surface area contributed by atoms with E-state index in [-0.39, 0.29) is 26.0 Å². The zero-order valence-electron chi connectivity index (χ0n) is 15.0. The molecule has 2 aromatic heterocycles. The summed E-state index contributed by atoms with van der Waals surface area (Å²) < 4.78 is 1.93. The number of anilines is 1. The SMILES string of the molecule is C.C.CCN(CC)CCNc1ccc2ncn3c4ccc(O)cc4c(=O)c1c23. The fourth-order valence-corrected chi connectivity index (χ4v) is 3.60. The van der Waals surface area contributed by atoms with Crippen LogP contribution in [0.1, 0.15) is 28.7 Å². The molecule has 0 aliphatic heterocycles. The lowest BCUT2D eigenvalue weighted by Crippen LogP contribution is -2.28. The van der Waals surface area contributed by atoms with E-state index in [9.17, 15) is 9.90 Å². The topological polar surface area (TPSA) is 69.9 Å². The minimum atomic E-state index is -0.0835. The molecule has 0 atom stereocenters. The maximum atomic E-state index is 13.2. The number of hydrogen-bond acceptors (Lipinski definition) is 5. The van der Waals surface area contributed by atoms with Crippen molar-refractivity contribution in [2.45, 2.75) is 28.7 Å². The third-order valence-corrected chi connectivity index (χ3v) is 5.06. The first-order valence-corrected chi connectivity index (χ1v) is 8.98. The number of nitrogens with one attached hydrogen (secondary N) is 1. The Morgan fingerprint density at radius 3 is 2.61 bits per heavy atom. The van der Waals surface area contributed by atoms with Crippen LogP contribution in [0.25, 0.3) is 27.3 Å². The minimum absolute atomic E-state index is 0. The number of aromatic hydroxyl groups is 1. The molecule has 0 amide bonds. The standard InChI is InChI=1S/C20H22N4O2.2CH4/c1-3-23(4-2)10-9-21-15-6-7-16-19-18(15)20(26)14-11-13(25)5-8-17(14)24(19)12-22-16;;/h5-8,11-12,21,25H,3-4,9-10H2,1-2H3;2*1H4. The van der Waals surface area contributed by atoms with Crippen LogP contribution in [0.2, 0.25) is 0 Å². The third-order valence-electron chi connectivity index (χ3n) is 5.06. The molecular weight excluding hydrogens is 352 g/mol. The number of phenols is 1. The van der Waals surface area contributed by atoms with Crippen molar-refractivity contribution in [3.05, 3.63) is 46.9 Å². The predicted molar refractivity (Wildman–Crippen MR) is 119 cm³/mol. The third kappa shape index (κ3) is 3.36. The molecule has 0 aliphatic carbocycles. The van der Waals surface area contributed by atoms with Gasteiger partial charge in [-0.2, -0.15) is 0 Å². The van der Waals surface area contributed by atoms with Crippen LogP contribution in [0.5, 0.6) is 5.75 Å². The lowest BCUT2D eigenvalue weighted by molar-refractivity contribution is 0.316. The Bertz CT molecular complexity index is 1130. The zero-order valence-corrected chi connectivity index (χ0v) is 15.0. The number of fused-ring (bicyclic) bond motifs is 2. The van der Waals surface area contributed by atoms with Gasteiger partial charge in [-0.25, -0.2) is 4.98 Å². The van der Waals surface area contributed by atoms with Gasteiger partial charge in [-0.05, 0) is 43.4 Å². The number of aromatic nitrogens is 2. The molecule has 0 saturated heterocycles. The van der Waals surface area contributed by atoms with Crippen molar-refractivity contribution in [3.8, 4) is 5.75 Å². The van der Waals surface area contributed by atoms with Crippen LogP contribution >= 0.6 is 0 Å². The van der Waals surface area contributed by atoms with Crippen molar-refractivity contribution in [2.75, 3.05) is 31.5 Å². The van der Waals surface area contributed by atoms with Gasteiger partial charge in [-0.3, -0.25) is 9.20 Å². The molecule has 0 fully saturated rings. The van der Waals surface area contributed by atoms with Crippen molar-refractivity contribution >= 4 is 33.0 Å². The second kappa shape index (κ2) is 8.44. The average molecular weight is 383 g/mol. The Morgan fingerprint density at radius 2 is 1.89 bits per heavy atom. The summed E-state index contributed by atoms with van der Waals surface area (Å²) in [5.74, 6) is 0.0869. The average Bonchev–Trinajstić information content (AvgIpc) is 3.08. The van der Waals surface area contributed by atoms with E-state index in [1.165, 1.54) is 6.07 Å². The fourth-order valence-electron chi connectivity index (χ4n) is 3.60. The molecule has 6 heteroatoms. The van der Waals surface area contributed by atoms with Gasteiger partial charge in [0, 0.05) is 18.8 Å². The molecule has 2 heterocycles. The van der Waals surface area contributed by atoms with Gasteiger partial charge in [0.05, 0.1) is 27.3 Å². The van der Waals surface area contributed by atoms with Crippen LogP contribution in [0, 0.1) is 0 Å². The van der Waals surface area contributed by atoms with Gasteiger partial charge >= 0.3 is 0 Å². The number of nitrogens with zero attached hydrogens (tertiary/aromatic N) is 3. The van der Waals surface area contributed by atoms with E-state index in [0.717, 1.165) is 48.4 Å². The molecule has 4 aromatic rings. The first-order chi connectivity index (χ1) is 12.6. The molecule has 28 heavy (non-hydrogen) atoms. The number of rotatable bonds is 6. The molecule has 0 radical (unpaired) electrons. The first kappa shape index (κ1) is 21.4. The van der Waals surface area contributed by atoms with E-state index in [4.69, 9.17) is 0 Å². The summed E-state index contributed by atoms with van der Waals surface area (Å²) >= 11 is 0. The summed E-state index contributed by atoms with van der Waals surface area (Å²) in [6.07, 6.45) is 1.73. The van der Waals surface area contributed by atoms with Crippen molar-refractivity contribution in [2.24, 2.45) is 0 Å². The van der Waals surface area contributed by atoms with Crippen LogP contribution in [0.3, 0.4) is 0 Å². The van der Waals surface area contributed by atoms with Gasteiger partial charge in [0.15, 0.2) is 5.43 Å². The highest BCUT2D eigenvalue weighted by Gasteiger charge is 2.16. The number of hydrogen-bond donors (Lipinski definition) is 2. The number of phenolic OH excluding ortho intramolecular Hbond substituents is 1. The summed E-state index contributed by atoms with van der Waals surface area (Å²) in [6, 6.07) is 8.73. The smallest absolute Gasteiger partial charge is 0.199 e. The van der Waals surface area contributed by atoms with E-state index >= 15 is 0 Å². The molecule has 0 unspecified atom stereocenters. The Kier molecular flexibility index (Phi) is 6.46. The highest BCUT2D eigenvalue weighted by Crippen LogP contribution is 2.29. The normalized spacial score (nSPS) is 11.1. The molecule has 2 N–H and O–H groups in total. The van der Waals surface area contributed by atoms with Crippen molar-refractivity contribution < 1.29 is 5.11 Å². The second-order valence-corrected chi connectivity index (χ2v) is 6.45. The minimum Gasteiger partial charge on any atom is -0.508 e. The summed E-state index contributed by atoms with van der Waals surface area (Å²) in [4.78, 5) is 19.9. The number of imidazole rings is 1. The van der Waals surface area contributed by atoms with Gasteiger partial charge in [0.2, 0.25) is 0 Å². The molecule has 0 saturated carbocycles. The first-order valence-electron chi connectivity index (χ1n) is 8.98. The summed E-state index contributed by atoms with van der Waals surface area (Å²) in [5, 5.41) is 14.4. The van der Waals surface area contributed by atoms with Crippen LogP contribution in [0.4, 0.5) is 5.69 Å². The van der Waals surface area contributed by atoms with E-state index in [2.05, 4.69) is 29.0 Å². The highest BCUT2D eigenvalue weighted by atomic mass is 16.3. The zero-order chi connectivity index (χ0) is 18.3. The Morgan fingerprint density at radius 1 is 1.14 bits per heavy atom. The van der Waals surface area contributed by atoms with Gasteiger partial charge in [-0.1, -0.05) is 28.7 Å². The van der Waals surface area contributed by atoms with Crippen molar-refractivity contribution in [1.82, 2.24) is 14.3 Å². The molecular formula is C22H30N4O2. The molecule has 0 bridgehead atoms. The maximum Gasteiger partial charge on any atom is 0.199 e. The monoisotopic (exact) mass is 382 g/mol. The Balaban J connectivity index is 0.00000140. The molecule has 0 spiro atoms. The number of pyridine rings is 1. The Labute approximate surface area is 165 Å². The number of benzene rings is 2. The summed E-state index contributed by atoms with van der Waals surface area (Å²) in [6.45, 7) is 7.96. The van der Waals surface area contributed by atoms with Crippen molar-refractivity contribution in [1.29, 1.82) is 0 Å². The summed E-state index contributed by atoms with van der Waals surface area (Å²) in [5.41, 5.74) is 3.09. The predicted octanol–water partition coefficient (Wildman–Crippen LogP) is 4.17. The van der Waals surface area contributed by atoms with Gasteiger partial charge in [0.25, 0.3) is 0 Å². The quantitative estimate of drug-likeness (QED) is 0.490. The van der Waals surface area contributed by atoms with Crippen LogP contribution in [-0.2, 0) is 0 Å². The fraction of sp³-hybridized carbons (Fsp3) is 0.364. The molecule has 150 valence electrons. The van der Waals surface area contributed by atoms with E-state index < -0.39 is 0 Å². The molecule has 0 aliphatic rings. The summed E-state index contributed by atoms with van der Waals surface area (Å²) in [7, 11) is 0. The largest absolute Gasteiger partial charge is 0.508 e. The van der Waals surface area contributed by atoms with Crippen LogP contribution in [0.15, 0.2) is 41.5 Å². The maximum absolute atomic E-state index is 13.2. The van der Waals surface area contributed by atoms with Gasteiger partial charge < -0.3 is 15.3 Å². The lowest BCUT2D eigenvalue weighted by Gasteiger charge is -2.19. The molecule has 2 aromatic carbocycles. The van der Waals surface area contributed by atoms with E-state index in [1.807, 2.05) is 16.5 Å². The second-order valence-electron chi connectivity index (χ2n) is 6.45.